The SMILES string of the molecule is CN(c1cc(F)c(I)cc1[N+](=O)[O-])C1CC2CCC(C1)N2. The highest BCUT2D eigenvalue weighted by atomic mass is 127. The molecule has 21 heavy (non-hydrogen) atoms. The number of hydrogen-bond acceptors (Lipinski definition) is 4. The van der Waals surface area contributed by atoms with Crippen LogP contribution in [0.1, 0.15) is 25.7 Å². The van der Waals surface area contributed by atoms with Gasteiger partial charge in [0.05, 0.1) is 8.49 Å². The van der Waals surface area contributed by atoms with Crippen LogP contribution in [-0.4, -0.2) is 30.1 Å². The van der Waals surface area contributed by atoms with Crippen molar-refractivity contribution in [1.82, 2.24) is 5.32 Å². The molecule has 3 rings (SSSR count). The van der Waals surface area contributed by atoms with Crippen LogP contribution in [0.15, 0.2) is 12.1 Å². The molecule has 2 aliphatic heterocycles. The van der Waals surface area contributed by atoms with Gasteiger partial charge in [0.25, 0.3) is 5.69 Å². The molecule has 114 valence electrons. The molecule has 1 N–H and O–H groups in total. The lowest BCUT2D eigenvalue weighted by Gasteiger charge is -2.36. The highest BCUT2D eigenvalue weighted by molar-refractivity contribution is 14.1. The van der Waals surface area contributed by atoms with Crippen molar-refractivity contribution in [2.45, 2.75) is 43.8 Å². The van der Waals surface area contributed by atoms with Gasteiger partial charge in [-0.3, -0.25) is 10.1 Å². The van der Waals surface area contributed by atoms with Crippen molar-refractivity contribution in [3.63, 3.8) is 0 Å². The molecule has 1 aromatic carbocycles. The molecule has 2 fully saturated rings. The number of rotatable bonds is 3. The monoisotopic (exact) mass is 405 g/mol. The van der Waals surface area contributed by atoms with Crippen molar-refractivity contribution in [2.75, 3.05) is 11.9 Å². The van der Waals surface area contributed by atoms with Crippen LogP contribution < -0.4 is 10.2 Å². The van der Waals surface area contributed by atoms with Gasteiger partial charge in [0.1, 0.15) is 11.5 Å². The first-order valence-electron chi connectivity index (χ1n) is 7.08. The van der Waals surface area contributed by atoms with Crippen LogP contribution in [0.3, 0.4) is 0 Å². The number of nitrogens with one attached hydrogen (secondary N) is 1. The third-order valence-corrected chi connectivity index (χ3v) is 5.42. The number of halogens is 2. The number of anilines is 1. The van der Waals surface area contributed by atoms with Gasteiger partial charge in [0.15, 0.2) is 0 Å². The van der Waals surface area contributed by atoms with Crippen LogP contribution in [0.2, 0.25) is 0 Å². The van der Waals surface area contributed by atoms with E-state index in [1.807, 2.05) is 11.9 Å². The van der Waals surface area contributed by atoms with Crippen LogP contribution >= 0.6 is 22.6 Å². The van der Waals surface area contributed by atoms with Crippen LogP contribution in [0, 0.1) is 19.5 Å². The third kappa shape index (κ3) is 2.85. The number of nitrogens with zero attached hydrogens (tertiary/aromatic N) is 2. The van der Waals surface area contributed by atoms with Crippen molar-refractivity contribution in [3.8, 4) is 0 Å². The van der Waals surface area contributed by atoms with Gasteiger partial charge < -0.3 is 10.2 Å². The van der Waals surface area contributed by atoms with E-state index in [4.69, 9.17) is 0 Å². The molecule has 2 aliphatic rings. The maximum atomic E-state index is 13.8. The van der Waals surface area contributed by atoms with Gasteiger partial charge in [-0.2, -0.15) is 0 Å². The predicted octanol–water partition coefficient (Wildman–Crippen LogP) is 3.06. The van der Waals surface area contributed by atoms with Crippen molar-refractivity contribution < 1.29 is 9.31 Å². The Morgan fingerprint density at radius 1 is 1.38 bits per heavy atom. The molecule has 1 aromatic rings. The van der Waals surface area contributed by atoms with Crippen molar-refractivity contribution >= 4 is 34.0 Å². The summed E-state index contributed by atoms with van der Waals surface area (Å²) in [6.07, 6.45) is 4.24. The van der Waals surface area contributed by atoms with E-state index in [0.717, 1.165) is 25.7 Å². The fourth-order valence-corrected chi connectivity index (χ4v) is 3.95. The summed E-state index contributed by atoms with van der Waals surface area (Å²) in [6, 6.07) is 3.82. The summed E-state index contributed by atoms with van der Waals surface area (Å²) in [5.74, 6) is -0.403. The van der Waals surface area contributed by atoms with E-state index in [9.17, 15) is 14.5 Å². The fraction of sp³-hybridized carbons (Fsp3) is 0.571. The summed E-state index contributed by atoms with van der Waals surface area (Å²) in [5, 5.41) is 14.8. The van der Waals surface area contributed by atoms with Gasteiger partial charge >= 0.3 is 0 Å². The molecule has 0 saturated carbocycles. The second-order valence-corrected chi connectivity index (χ2v) is 7.05. The Hall–Kier alpha value is -0.960. The zero-order valence-electron chi connectivity index (χ0n) is 11.7. The van der Waals surface area contributed by atoms with Crippen LogP contribution in [0.5, 0.6) is 0 Å². The maximum Gasteiger partial charge on any atom is 0.293 e. The lowest BCUT2D eigenvalue weighted by Crippen LogP contribution is -2.47. The topological polar surface area (TPSA) is 58.4 Å². The molecular weight excluding hydrogens is 388 g/mol. The highest BCUT2D eigenvalue weighted by Crippen LogP contribution is 2.36. The third-order valence-electron chi connectivity index (χ3n) is 4.59. The molecule has 2 heterocycles. The number of nitro groups is 1. The van der Waals surface area contributed by atoms with E-state index >= 15 is 0 Å². The van der Waals surface area contributed by atoms with Crippen molar-refractivity contribution in [2.24, 2.45) is 0 Å². The average molecular weight is 405 g/mol. The summed E-state index contributed by atoms with van der Waals surface area (Å²) in [5.41, 5.74) is 0.360. The normalized spacial score (nSPS) is 27.7. The minimum Gasteiger partial charge on any atom is -0.366 e. The Morgan fingerprint density at radius 2 is 2.00 bits per heavy atom. The second-order valence-electron chi connectivity index (χ2n) is 5.89. The van der Waals surface area contributed by atoms with Crippen LogP contribution in [0.4, 0.5) is 15.8 Å². The molecule has 0 aliphatic carbocycles. The van der Waals surface area contributed by atoms with Gasteiger partial charge in [-0.25, -0.2) is 4.39 Å². The number of piperidine rings is 1. The van der Waals surface area contributed by atoms with E-state index in [0.29, 0.717) is 17.8 Å². The molecule has 0 radical (unpaired) electrons. The Morgan fingerprint density at radius 3 is 2.57 bits per heavy atom. The summed E-state index contributed by atoms with van der Waals surface area (Å²) in [6.45, 7) is 0. The highest BCUT2D eigenvalue weighted by Gasteiger charge is 2.36. The van der Waals surface area contributed by atoms with E-state index in [1.165, 1.54) is 12.1 Å². The molecule has 2 atom stereocenters. The maximum absolute atomic E-state index is 13.8. The molecule has 0 aromatic heterocycles. The van der Waals surface area contributed by atoms with Gasteiger partial charge in [-0.05, 0) is 48.3 Å². The van der Waals surface area contributed by atoms with Gasteiger partial charge in [-0.15, -0.1) is 0 Å². The molecular formula is C14H17FIN3O2. The number of benzene rings is 1. The minimum atomic E-state index is -0.427. The first-order chi connectivity index (χ1) is 9.95. The van der Waals surface area contributed by atoms with Gasteiger partial charge in [0.2, 0.25) is 0 Å². The van der Waals surface area contributed by atoms with E-state index in [2.05, 4.69) is 5.32 Å². The Labute approximate surface area is 136 Å². The van der Waals surface area contributed by atoms with Crippen molar-refractivity contribution in [1.29, 1.82) is 0 Å². The zero-order valence-corrected chi connectivity index (χ0v) is 13.8. The van der Waals surface area contributed by atoms with Crippen molar-refractivity contribution in [3.05, 3.63) is 31.6 Å². The van der Waals surface area contributed by atoms with E-state index in [1.54, 1.807) is 22.6 Å². The molecule has 2 saturated heterocycles. The molecule has 2 bridgehead atoms. The Balaban J connectivity index is 1.92. The molecule has 5 nitrogen and oxygen atoms in total. The minimum absolute atomic E-state index is 0.0193. The summed E-state index contributed by atoms with van der Waals surface area (Å²) in [7, 11) is 1.84. The largest absolute Gasteiger partial charge is 0.366 e. The van der Waals surface area contributed by atoms with Gasteiger partial charge in [-0.1, -0.05) is 0 Å². The molecule has 0 spiro atoms. The zero-order chi connectivity index (χ0) is 15.1. The number of hydrogen-bond donors (Lipinski definition) is 1. The first-order valence-corrected chi connectivity index (χ1v) is 8.16. The van der Waals surface area contributed by atoms with Gasteiger partial charge in [0, 0.05) is 37.3 Å². The van der Waals surface area contributed by atoms with E-state index < -0.39 is 10.7 Å². The van der Waals surface area contributed by atoms with Crippen LogP contribution in [0.25, 0.3) is 0 Å². The van der Waals surface area contributed by atoms with Crippen LogP contribution in [-0.2, 0) is 0 Å². The predicted molar refractivity (Wildman–Crippen MR) is 87.1 cm³/mol. The fourth-order valence-electron chi connectivity index (χ4n) is 3.49. The standard InChI is InChI=1S/C14H17FIN3O2/c1-18(10-4-8-2-3-9(5-10)17-8)13-6-11(15)12(16)7-14(13)19(20)21/h6-10,17H,2-5H2,1H3. The van der Waals surface area contributed by atoms with E-state index in [-0.39, 0.29) is 15.3 Å². The Kier molecular flexibility index (Phi) is 4.04. The quantitative estimate of drug-likeness (QED) is 0.477. The summed E-state index contributed by atoms with van der Waals surface area (Å²) >= 11 is 1.79. The lowest BCUT2D eigenvalue weighted by molar-refractivity contribution is -0.384. The molecule has 0 amide bonds. The number of fused-ring (bicyclic) bond motifs is 2. The molecule has 7 heteroatoms. The first kappa shape index (κ1) is 15.0. The Bertz CT molecular complexity index is 572. The summed E-state index contributed by atoms with van der Waals surface area (Å²) < 4.78 is 14.1. The average Bonchev–Trinajstić information content (AvgIpc) is 2.79. The lowest BCUT2D eigenvalue weighted by atomic mass is 9.98. The smallest absolute Gasteiger partial charge is 0.293 e. The number of nitro benzene ring substituents is 1. The second kappa shape index (κ2) is 5.68. The summed E-state index contributed by atoms with van der Waals surface area (Å²) in [4.78, 5) is 12.7. The molecule has 2 unspecified atom stereocenters.